The summed E-state index contributed by atoms with van der Waals surface area (Å²) in [5, 5.41) is 3.36. The predicted octanol–water partition coefficient (Wildman–Crippen LogP) is 5.74. The van der Waals surface area contributed by atoms with Crippen LogP contribution < -0.4 is 5.32 Å². The Morgan fingerprint density at radius 2 is 2.02 bits per heavy atom. The van der Waals surface area contributed by atoms with E-state index in [2.05, 4.69) is 21.3 Å². The van der Waals surface area contributed by atoms with Crippen molar-refractivity contribution in [2.24, 2.45) is 0 Å². The van der Waals surface area contributed by atoms with Gasteiger partial charge in [0, 0.05) is 36.9 Å². The van der Waals surface area contributed by atoms with Gasteiger partial charge in [-0.1, -0.05) is 12.1 Å². The van der Waals surface area contributed by atoms with Crippen molar-refractivity contribution >= 4 is 29.2 Å². The molecule has 0 saturated carbocycles. The summed E-state index contributed by atoms with van der Waals surface area (Å²) in [5.41, 5.74) is 4.65. The molecule has 1 fully saturated rings. The molecule has 0 spiro atoms. The molecule has 43 heavy (non-hydrogen) atoms. The van der Waals surface area contributed by atoms with Crippen LogP contribution in [0, 0.1) is 5.82 Å². The van der Waals surface area contributed by atoms with Crippen molar-refractivity contribution in [2.75, 3.05) is 32.6 Å². The first-order valence-electron chi connectivity index (χ1n) is 14.3. The van der Waals surface area contributed by atoms with E-state index in [1.54, 1.807) is 43.6 Å². The zero-order chi connectivity index (χ0) is 30.5. The highest BCUT2D eigenvalue weighted by Gasteiger charge is 2.39. The summed E-state index contributed by atoms with van der Waals surface area (Å²) in [5.74, 6) is 0.0150. The lowest BCUT2D eigenvalue weighted by Crippen LogP contribution is -2.37. The number of hydrogen-bond acceptors (Lipinski definition) is 8. The molecule has 1 atom stereocenters. The van der Waals surface area contributed by atoms with E-state index in [0.717, 1.165) is 29.2 Å². The van der Waals surface area contributed by atoms with Crippen molar-refractivity contribution < 1.29 is 23.5 Å². The molecule has 6 rings (SSSR count). The highest BCUT2D eigenvalue weighted by molar-refractivity contribution is 6.11. The molecule has 1 N–H and O–H groups in total. The maximum absolute atomic E-state index is 13.9. The van der Waals surface area contributed by atoms with Gasteiger partial charge >= 0.3 is 6.09 Å². The molecule has 2 aliphatic rings. The maximum atomic E-state index is 13.9. The number of aromatic nitrogens is 3. The highest BCUT2D eigenvalue weighted by Crippen LogP contribution is 2.39. The standard InChI is InChI=1S/C32H35FN6O4/c1-32(2,3)43-31(41)39-16-23-22(26-15-34-28-14-20(33)10-12-38(26)28)6-8-24(29(23)30(39)40)35-27-9-7-21(19-11-13-42-18-19)25(36-27)17-37(4)5/h6-10,12,14-15,19H,11,13,16-18H2,1-5H3,(H,35,36). The van der Waals surface area contributed by atoms with E-state index in [1.165, 1.54) is 12.1 Å². The van der Waals surface area contributed by atoms with Crippen LogP contribution in [0.1, 0.15) is 60.3 Å². The maximum Gasteiger partial charge on any atom is 0.417 e. The van der Waals surface area contributed by atoms with Crippen LogP contribution in [0.2, 0.25) is 0 Å². The normalized spacial score (nSPS) is 16.8. The average molecular weight is 587 g/mol. The largest absolute Gasteiger partial charge is 0.443 e. The van der Waals surface area contributed by atoms with Crippen LogP contribution in [-0.4, -0.2) is 69.1 Å². The SMILES string of the molecule is CN(C)Cc1nc(Nc2ccc(-c3cnc4cc(F)ccn34)c3c2C(=O)N(C(=O)OC(C)(C)C)C3)ccc1C1CCOC1. The van der Waals surface area contributed by atoms with E-state index in [4.69, 9.17) is 14.5 Å². The van der Waals surface area contributed by atoms with Gasteiger partial charge in [0.15, 0.2) is 0 Å². The van der Waals surface area contributed by atoms with Gasteiger partial charge in [0.2, 0.25) is 0 Å². The lowest BCUT2D eigenvalue weighted by atomic mass is 9.96. The van der Waals surface area contributed by atoms with Gasteiger partial charge in [0.05, 0.1) is 42.0 Å². The van der Waals surface area contributed by atoms with Crippen molar-refractivity contribution in [3.63, 3.8) is 0 Å². The second-order valence-electron chi connectivity index (χ2n) is 12.3. The molecule has 1 saturated heterocycles. The summed E-state index contributed by atoms with van der Waals surface area (Å²) in [4.78, 5) is 39.5. The van der Waals surface area contributed by atoms with Crippen LogP contribution in [0.4, 0.5) is 20.7 Å². The monoisotopic (exact) mass is 586 g/mol. The molecule has 3 aromatic heterocycles. The van der Waals surface area contributed by atoms with Crippen LogP contribution in [0.25, 0.3) is 16.9 Å². The highest BCUT2D eigenvalue weighted by atomic mass is 19.1. The van der Waals surface area contributed by atoms with Crippen molar-refractivity contribution in [1.82, 2.24) is 24.2 Å². The Morgan fingerprint density at radius 1 is 1.21 bits per heavy atom. The minimum atomic E-state index is -0.777. The first kappa shape index (κ1) is 28.8. The molecule has 0 radical (unpaired) electrons. The summed E-state index contributed by atoms with van der Waals surface area (Å²) in [6.45, 7) is 7.35. The number of halogens is 1. The molecule has 224 valence electrons. The van der Waals surface area contributed by atoms with Crippen LogP contribution in [-0.2, 0) is 22.6 Å². The number of ether oxygens (including phenoxy) is 2. The molecular formula is C32H35FN6O4. The Labute approximate surface area is 249 Å². The second kappa shape index (κ2) is 11.1. The summed E-state index contributed by atoms with van der Waals surface area (Å²) in [7, 11) is 4.00. The minimum Gasteiger partial charge on any atom is -0.443 e. The number of rotatable bonds is 6. The fourth-order valence-electron chi connectivity index (χ4n) is 5.68. The first-order valence-corrected chi connectivity index (χ1v) is 14.3. The molecule has 2 aliphatic heterocycles. The fraction of sp³-hybridized carbons (Fsp3) is 0.375. The molecule has 0 bridgehead atoms. The van der Waals surface area contributed by atoms with Crippen molar-refractivity contribution in [2.45, 2.75) is 51.8 Å². The van der Waals surface area contributed by atoms with Gasteiger partial charge in [-0.05, 0) is 70.6 Å². The molecule has 0 aliphatic carbocycles. The summed E-state index contributed by atoms with van der Waals surface area (Å²) in [6.07, 6.45) is 3.47. The summed E-state index contributed by atoms with van der Waals surface area (Å²) < 4.78 is 26.8. The number of benzene rings is 1. The van der Waals surface area contributed by atoms with E-state index in [9.17, 15) is 14.0 Å². The fourth-order valence-corrected chi connectivity index (χ4v) is 5.68. The van der Waals surface area contributed by atoms with E-state index >= 15 is 0 Å². The predicted molar refractivity (Wildman–Crippen MR) is 160 cm³/mol. The zero-order valence-corrected chi connectivity index (χ0v) is 25.0. The smallest absolute Gasteiger partial charge is 0.417 e. The number of imidazole rings is 1. The zero-order valence-electron chi connectivity index (χ0n) is 25.0. The van der Waals surface area contributed by atoms with E-state index < -0.39 is 23.4 Å². The average Bonchev–Trinajstić information content (AvgIpc) is 3.67. The van der Waals surface area contributed by atoms with Gasteiger partial charge in [-0.3, -0.25) is 9.20 Å². The summed E-state index contributed by atoms with van der Waals surface area (Å²) >= 11 is 0. The number of anilines is 2. The van der Waals surface area contributed by atoms with E-state index in [-0.39, 0.29) is 6.54 Å². The van der Waals surface area contributed by atoms with Gasteiger partial charge in [-0.2, -0.15) is 0 Å². The molecule has 2 amide bonds. The van der Waals surface area contributed by atoms with Crippen LogP contribution in [0.3, 0.4) is 0 Å². The number of carbonyl (C=O) groups excluding carboxylic acids is 2. The lowest BCUT2D eigenvalue weighted by molar-refractivity contribution is 0.0248. The number of hydrogen-bond donors (Lipinski definition) is 1. The van der Waals surface area contributed by atoms with Gasteiger partial charge in [-0.15, -0.1) is 0 Å². The van der Waals surface area contributed by atoms with Gasteiger partial charge in [0.25, 0.3) is 5.91 Å². The third kappa shape index (κ3) is 5.70. The van der Waals surface area contributed by atoms with Gasteiger partial charge < -0.3 is 19.7 Å². The Balaban J connectivity index is 1.42. The van der Waals surface area contributed by atoms with Gasteiger partial charge in [-0.25, -0.2) is 24.1 Å². The van der Waals surface area contributed by atoms with Crippen molar-refractivity contribution in [3.05, 3.63) is 77.0 Å². The third-order valence-corrected chi connectivity index (χ3v) is 7.56. The topological polar surface area (TPSA) is 101 Å². The minimum absolute atomic E-state index is 0.0162. The molecule has 5 heterocycles. The van der Waals surface area contributed by atoms with Crippen molar-refractivity contribution in [3.8, 4) is 11.3 Å². The molecule has 10 nitrogen and oxygen atoms in total. The summed E-state index contributed by atoms with van der Waals surface area (Å²) in [6, 6.07) is 10.4. The Hall–Kier alpha value is -4.35. The Bertz CT molecular complexity index is 1720. The number of nitrogens with zero attached hydrogens (tertiary/aromatic N) is 5. The molecule has 1 unspecified atom stereocenters. The van der Waals surface area contributed by atoms with Gasteiger partial charge in [0.1, 0.15) is 22.9 Å². The lowest BCUT2D eigenvalue weighted by Gasteiger charge is -2.23. The van der Waals surface area contributed by atoms with Crippen LogP contribution in [0.15, 0.2) is 48.8 Å². The number of amides is 2. The molecule has 1 aromatic carbocycles. The molecule has 11 heteroatoms. The Morgan fingerprint density at radius 3 is 2.74 bits per heavy atom. The van der Waals surface area contributed by atoms with Crippen molar-refractivity contribution in [1.29, 1.82) is 0 Å². The van der Waals surface area contributed by atoms with Crippen LogP contribution in [0.5, 0.6) is 0 Å². The molecule has 4 aromatic rings. The number of nitrogens with one attached hydrogen (secondary N) is 1. The number of imide groups is 1. The van der Waals surface area contributed by atoms with E-state index in [0.29, 0.717) is 58.6 Å². The number of carbonyl (C=O) groups is 2. The quantitative estimate of drug-likeness (QED) is 0.306. The van der Waals surface area contributed by atoms with Crippen LogP contribution >= 0.6 is 0 Å². The molecular weight excluding hydrogens is 551 g/mol. The third-order valence-electron chi connectivity index (χ3n) is 7.56. The Kier molecular flexibility index (Phi) is 7.39. The second-order valence-corrected chi connectivity index (χ2v) is 12.3. The van der Waals surface area contributed by atoms with E-state index in [1.807, 2.05) is 26.2 Å². The first-order chi connectivity index (χ1) is 20.5. The number of fused-ring (bicyclic) bond motifs is 2. The number of pyridine rings is 2.